The molecule has 2 aromatic carbocycles. The Balaban J connectivity index is 1.48. The molecule has 0 aromatic heterocycles. The summed E-state index contributed by atoms with van der Waals surface area (Å²) >= 11 is 0. The van der Waals surface area contributed by atoms with Gasteiger partial charge in [-0.25, -0.2) is 0 Å². The highest BCUT2D eigenvalue weighted by Crippen LogP contribution is 2.24. The number of piperidine rings is 1. The van der Waals surface area contributed by atoms with E-state index in [-0.39, 0.29) is 0 Å². The molecule has 1 aliphatic rings. The van der Waals surface area contributed by atoms with Crippen molar-refractivity contribution in [3.05, 3.63) is 60.2 Å². The van der Waals surface area contributed by atoms with Crippen LogP contribution in [0.5, 0.6) is 11.5 Å². The Bertz CT molecular complexity index is 706. The summed E-state index contributed by atoms with van der Waals surface area (Å²) in [6, 6.07) is 18.0. The van der Waals surface area contributed by atoms with Crippen molar-refractivity contribution in [2.24, 2.45) is 0 Å². The lowest BCUT2D eigenvalue weighted by molar-refractivity contribution is -0.0621. The number of benzene rings is 2. The fourth-order valence-corrected chi connectivity index (χ4v) is 3.49. The maximum atomic E-state index is 11.0. The van der Waals surface area contributed by atoms with Crippen molar-refractivity contribution in [1.82, 2.24) is 9.80 Å². The summed E-state index contributed by atoms with van der Waals surface area (Å²) in [5, 5.41) is 11.0. The summed E-state index contributed by atoms with van der Waals surface area (Å²) in [4.78, 5) is 4.41. The molecule has 0 aliphatic carbocycles. The molecule has 1 N–H and O–H groups in total. The number of hydrogen-bond donors (Lipinski definition) is 1. The summed E-state index contributed by atoms with van der Waals surface area (Å²) in [7, 11) is 4.08. The van der Waals surface area contributed by atoms with Crippen molar-refractivity contribution < 1.29 is 14.6 Å². The van der Waals surface area contributed by atoms with Crippen molar-refractivity contribution in [1.29, 1.82) is 0 Å². The maximum absolute atomic E-state index is 11.0. The van der Waals surface area contributed by atoms with Crippen LogP contribution in [0.25, 0.3) is 0 Å². The molecule has 1 aliphatic heterocycles. The Morgan fingerprint density at radius 3 is 2.43 bits per heavy atom. The predicted molar refractivity (Wildman–Crippen MR) is 112 cm³/mol. The van der Waals surface area contributed by atoms with Crippen LogP contribution in [0.1, 0.15) is 18.4 Å². The highest BCUT2D eigenvalue weighted by molar-refractivity contribution is 5.27. The van der Waals surface area contributed by atoms with Crippen LogP contribution in [0.4, 0.5) is 0 Å². The zero-order chi connectivity index (χ0) is 19.8. The largest absolute Gasteiger partial charge is 0.492 e. The standard InChI is InChI=1S/C23H32N2O3/c1-24(2)15-16-27-22-11-9-20(10-12-22)17-25-14-6-13-23(26,18-25)19-28-21-7-4-3-5-8-21/h3-5,7-12,26H,6,13-19H2,1-2H3. The van der Waals surface area contributed by atoms with Gasteiger partial charge >= 0.3 is 0 Å². The Labute approximate surface area is 168 Å². The molecule has 0 radical (unpaired) electrons. The molecule has 0 bridgehead atoms. The number of likely N-dealkylation sites (N-methyl/N-ethyl adjacent to an activating group) is 1. The third kappa shape index (κ3) is 6.51. The van der Waals surface area contributed by atoms with E-state index in [1.54, 1.807) is 0 Å². The molecule has 1 atom stereocenters. The van der Waals surface area contributed by atoms with E-state index >= 15 is 0 Å². The smallest absolute Gasteiger partial charge is 0.119 e. The van der Waals surface area contributed by atoms with Gasteiger partial charge in [0.1, 0.15) is 30.3 Å². The van der Waals surface area contributed by atoms with Crippen LogP contribution in [0.15, 0.2) is 54.6 Å². The van der Waals surface area contributed by atoms with E-state index in [2.05, 4.69) is 21.9 Å². The molecular weight excluding hydrogens is 352 g/mol. The molecule has 1 fully saturated rings. The molecule has 2 aromatic rings. The molecule has 152 valence electrons. The molecular formula is C23H32N2O3. The Kier molecular flexibility index (Phi) is 7.31. The fourth-order valence-electron chi connectivity index (χ4n) is 3.49. The SMILES string of the molecule is CN(C)CCOc1ccc(CN2CCCC(O)(COc3ccccc3)C2)cc1. The monoisotopic (exact) mass is 384 g/mol. The van der Waals surface area contributed by atoms with E-state index in [9.17, 15) is 5.11 Å². The van der Waals surface area contributed by atoms with Crippen LogP contribution in [0.2, 0.25) is 0 Å². The molecule has 0 spiro atoms. The second-order valence-corrected chi connectivity index (χ2v) is 7.94. The van der Waals surface area contributed by atoms with Gasteiger partial charge in [0.15, 0.2) is 0 Å². The minimum absolute atomic E-state index is 0.326. The number of nitrogens with zero attached hydrogens (tertiary/aromatic N) is 2. The highest BCUT2D eigenvalue weighted by Gasteiger charge is 2.34. The number of ether oxygens (including phenoxy) is 2. The number of para-hydroxylation sites is 1. The van der Waals surface area contributed by atoms with Gasteiger partial charge in [0.25, 0.3) is 0 Å². The van der Waals surface area contributed by atoms with Gasteiger partial charge in [0, 0.05) is 19.6 Å². The van der Waals surface area contributed by atoms with Crippen molar-refractivity contribution >= 4 is 0 Å². The second kappa shape index (κ2) is 9.92. The van der Waals surface area contributed by atoms with E-state index in [0.717, 1.165) is 44.0 Å². The molecule has 1 unspecified atom stereocenters. The van der Waals surface area contributed by atoms with E-state index < -0.39 is 5.60 Å². The molecule has 5 nitrogen and oxygen atoms in total. The highest BCUT2D eigenvalue weighted by atomic mass is 16.5. The van der Waals surface area contributed by atoms with Gasteiger partial charge in [-0.05, 0) is 63.3 Å². The first-order chi connectivity index (χ1) is 13.5. The first-order valence-electron chi connectivity index (χ1n) is 10.0. The van der Waals surface area contributed by atoms with Gasteiger partial charge in [-0.3, -0.25) is 4.90 Å². The average Bonchev–Trinajstić information content (AvgIpc) is 2.69. The van der Waals surface area contributed by atoms with Gasteiger partial charge in [-0.15, -0.1) is 0 Å². The van der Waals surface area contributed by atoms with Gasteiger partial charge in [0.2, 0.25) is 0 Å². The van der Waals surface area contributed by atoms with Gasteiger partial charge in [-0.1, -0.05) is 30.3 Å². The summed E-state index contributed by atoms with van der Waals surface area (Å²) in [6.45, 7) is 4.36. The van der Waals surface area contributed by atoms with Gasteiger partial charge in [-0.2, -0.15) is 0 Å². The predicted octanol–water partition coefficient (Wildman–Crippen LogP) is 3.03. The Morgan fingerprint density at radius 2 is 1.71 bits per heavy atom. The summed E-state index contributed by atoms with van der Waals surface area (Å²) in [5.74, 6) is 1.70. The van der Waals surface area contributed by atoms with Crippen LogP contribution < -0.4 is 9.47 Å². The molecule has 0 amide bonds. The minimum Gasteiger partial charge on any atom is -0.492 e. The molecule has 1 saturated heterocycles. The third-order valence-electron chi connectivity index (χ3n) is 5.02. The topological polar surface area (TPSA) is 45.2 Å². The molecule has 1 heterocycles. The zero-order valence-corrected chi connectivity index (χ0v) is 17.0. The van der Waals surface area contributed by atoms with Crippen LogP contribution in [-0.2, 0) is 6.54 Å². The molecule has 28 heavy (non-hydrogen) atoms. The first-order valence-corrected chi connectivity index (χ1v) is 10.0. The van der Waals surface area contributed by atoms with Crippen LogP contribution in [0.3, 0.4) is 0 Å². The second-order valence-electron chi connectivity index (χ2n) is 7.94. The number of hydrogen-bond acceptors (Lipinski definition) is 5. The fraction of sp³-hybridized carbons (Fsp3) is 0.478. The number of β-amino-alcohol motifs (C(OH)–C–C–N with tert-alkyl or cyclic N) is 1. The van der Waals surface area contributed by atoms with E-state index in [1.807, 2.05) is 56.6 Å². The normalized spacial score (nSPS) is 20.3. The van der Waals surface area contributed by atoms with Crippen molar-refractivity contribution in [2.75, 3.05) is 46.9 Å². The van der Waals surface area contributed by atoms with E-state index in [1.165, 1.54) is 5.56 Å². The number of aliphatic hydroxyl groups is 1. The van der Waals surface area contributed by atoms with Crippen LogP contribution >= 0.6 is 0 Å². The lowest BCUT2D eigenvalue weighted by Crippen LogP contribution is -2.51. The maximum Gasteiger partial charge on any atom is 0.119 e. The Morgan fingerprint density at radius 1 is 1.00 bits per heavy atom. The quantitative estimate of drug-likeness (QED) is 0.720. The van der Waals surface area contributed by atoms with E-state index in [4.69, 9.17) is 9.47 Å². The van der Waals surface area contributed by atoms with Crippen LogP contribution in [-0.4, -0.2) is 67.5 Å². The zero-order valence-electron chi connectivity index (χ0n) is 17.0. The van der Waals surface area contributed by atoms with Gasteiger partial charge < -0.3 is 19.5 Å². The van der Waals surface area contributed by atoms with Gasteiger partial charge in [0.05, 0.1) is 0 Å². The first kappa shape index (κ1) is 20.6. The average molecular weight is 385 g/mol. The summed E-state index contributed by atoms with van der Waals surface area (Å²) < 4.78 is 11.6. The van der Waals surface area contributed by atoms with Crippen LogP contribution in [0, 0.1) is 0 Å². The minimum atomic E-state index is -0.802. The van der Waals surface area contributed by atoms with E-state index in [0.29, 0.717) is 19.8 Å². The molecule has 5 heteroatoms. The number of rotatable bonds is 9. The molecule has 0 saturated carbocycles. The summed E-state index contributed by atoms with van der Waals surface area (Å²) in [5.41, 5.74) is 0.428. The van der Waals surface area contributed by atoms with Crippen molar-refractivity contribution in [3.63, 3.8) is 0 Å². The molecule has 3 rings (SSSR count). The third-order valence-corrected chi connectivity index (χ3v) is 5.02. The van der Waals surface area contributed by atoms with Crippen molar-refractivity contribution in [3.8, 4) is 11.5 Å². The number of likely N-dealkylation sites (tertiary alicyclic amines) is 1. The summed E-state index contributed by atoms with van der Waals surface area (Å²) in [6.07, 6.45) is 1.75. The van der Waals surface area contributed by atoms with Crippen molar-refractivity contribution in [2.45, 2.75) is 25.0 Å². The lowest BCUT2D eigenvalue weighted by Gasteiger charge is -2.39. The lowest BCUT2D eigenvalue weighted by atomic mass is 9.93. The Hall–Kier alpha value is -2.08.